The molecule has 116 valence electrons. The normalized spacial score (nSPS) is 30.6. The predicted molar refractivity (Wildman–Crippen MR) is 84.7 cm³/mol. The van der Waals surface area contributed by atoms with E-state index in [2.05, 4.69) is 15.2 Å². The molecule has 0 saturated carbocycles. The standard InChI is InChI=1S/C17H21N3O2/c21-16(14-9-18-15-4-2-1-3-13(14)15)19-10-17(22)11-20-7-5-12(17)6-8-20/h1-4,9,12,18,22H,5-8,10-11H2,(H,19,21). The van der Waals surface area contributed by atoms with E-state index >= 15 is 0 Å². The second-order valence-corrected chi connectivity index (χ2v) is 6.58. The average Bonchev–Trinajstić information content (AvgIpc) is 2.98. The van der Waals surface area contributed by atoms with Gasteiger partial charge in [0.05, 0.1) is 11.2 Å². The number of rotatable bonds is 3. The fourth-order valence-corrected chi connectivity index (χ4v) is 3.93. The molecule has 1 unspecified atom stereocenters. The summed E-state index contributed by atoms with van der Waals surface area (Å²) < 4.78 is 0. The number of benzene rings is 1. The van der Waals surface area contributed by atoms with Gasteiger partial charge in [0.1, 0.15) is 0 Å². The van der Waals surface area contributed by atoms with Gasteiger partial charge in [0.25, 0.3) is 5.91 Å². The van der Waals surface area contributed by atoms with E-state index < -0.39 is 5.60 Å². The molecule has 0 aliphatic carbocycles. The molecule has 2 bridgehead atoms. The fraction of sp³-hybridized carbons (Fsp3) is 0.471. The van der Waals surface area contributed by atoms with Crippen molar-refractivity contribution in [3.8, 4) is 0 Å². The van der Waals surface area contributed by atoms with Crippen molar-refractivity contribution in [3.05, 3.63) is 36.0 Å². The van der Waals surface area contributed by atoms with Crippen molar-refractivity contribution >= 4 is 16.8 Å². The topological polar surface area (TPSA) is 68.4 Å². The Morgan fingerprint density at radius 1 is 1.36 bits per heavy atom. The van der Waals surface area contributed by atoms with Gasteiger partial charge in [-0.25, -0.2) is 0 Å². The van der Waals surface area contributed by atoms with E-state index in [9.17, 15) is 9.90 Å². The van der Waals surface area contributed by atoms with Crippen molar-refractivity contribution in [3.63, 3.8) is 0 Å². The first-order valence-electron chi connectivity index (χ1n) is 7.95. The largest absolute Gasteiger partial charge is 0.386 e. The summed E-state index contributed by atoms with van der Waals surface area (Å²) in [6.07, 6.45) is 3.79. The van der Waals surface area contributed by atoms with E-state index in [-0.39, 0.29) is 5.91 Å². The number of nitrogens with one attached hydrogen (secondary N) is 2. The van der Waals surface area contributed by atoms with Crippen molar-refractivity contribution in [2.75, 3.05) is 26.2 Å². The molecule has 1 amide bonds. The highest BCUT2D eigenvalue weighted by Gasteiger charge is 2.45. The third kappa shape index (κ3) is 2.21. The zero-order valence-corrected chi connectivity index (χ0v) is 12.5. The molecule has 5 rings (SSSR count). The number of aromatic nitrogens is 1. The predicted octanol–water partition coefficient (Wildman–Crippen LogP) is 1.35. The van der Waals surface area contributed by atoms with Gasteiger partial charge in [-0.3, -0.25) is 4.79 Å². The minimum Gasteiger partial charge on any atom is -0.386 e. The van der Waals surface area contributed by atoms with E-state index in [1.807, 2.05) is 24.3 Å². The van der Waals surface area contributed by atoms with Crippen molar-refractivity contribution in [1.82, 2.24) is 15.2 Å². The summed E-state index contributed by atoms with van der Waals surface area (Å²) in [5, 5.41) is 14.7. The molecule has 5 heteroatoms. The van der Waals surface area contributed by atoms with Crippen molar-refractivity contribution in [2.24, 2.45) is 5.92 Å². The molecule has 1 aromatic carbocycles. The van der Waals surface area contributed by atoms with Crippen LogP contribution >= 0.6 is 0 Å². The fourth-order valence-electron chi connectivity index (χ4n) is 3.93. The Balaban J connectivity index is 1.48. The number of nitrogens with zero attached hydrogens (tertiary/aromatic N) is 1. The number of hydrogen-bond donors (Lipinski definition) is 3. The minimum atomic E-state index is -0.779. The highest BCUT2D eigenvalue weighted by Crippen LogP contribution is 2.35. The monoisotopic (exact) mass is 299 g/mol. The third-order valence-corrected chi connectivity index (χ3v) is 5.23. The van der Waals surface area contributed by atoms with Gasteiger partial charge in [-0.2, -0.15) is 0 Å². The number of piperidine rings is 3. The Morgan fingerprint density at radius 3 is 2.86 bits per heavy atom. The Labute approximate surface area is 129 Å². The van der Waals surface area contributed by atoms with E-state index in [4.69, 9.17) is 0 Å². The number of fused-ring (bicyclic) bond motifs is 4. The van der Waals surface area contributed by atoms with Crippen LogP contribution in [0.1, 0.15) is 23.2 Å². The number of aliphatic hydroxyl groups is 1. The Bertz CT molecular complexity index is 703. The average molecular weight is 299 g/mol. The first kappa shape index (κ1) is 13.8. The number of H-pyrrole nitrogens is 1. The van der Waals surface area contributed by atoms with Crippen LogP contribution in [0.4, 0.5) is 0 Å². The zero-order valence-electron chi connectivity index (χ0n) is 12.5. The van der Waals surface area contributed by atoms with Gasteiger partial charge >= 0.3 is 0 Å². The minimum absolute atomic E-state index is 0.123. The van der Waals surface area contributed by atoms with Crippen molar-refractivity contribution in [2.45, 2.75) is 18.4 Å². The van der Waals surface area contributed by atoms with Crippen LogP contribution in [0.5, 0.6) is 0 Å². The summed E-state index contributed by atoms with van der Waals surface area (Å²) >= 11 is 0. The molecule has 3 saturated heterocycles. The second kappa shape index (κ2) is 5.11. The highest BCUT2D eigenvalue weighted by atomic mass is 16.3. The molecule has 3 aliphatic rings. The van der Waals surface area contributed by atoms with Gasteiger partial charge in [0.15, 0.2) is 0 Å². The van der Waals surface area contributed by atoms with Crippen LogP contribution < -0.4 is 5.32 Å². The van der Waals surface area contributed by atoms with Gasteiger partial charge < -0.3 is 20.3 Å². The maximum Gasteiger partial charge on any atom is 0.253 e. The third-order valence-electron chi connectivity index (χ3n) is 5.23. The highest BCUT2D eigenvalue weighted by molar-refractivity contribution is 6.06. The number of amides is 1. The first-order valence-corrected chi connectivity index (χ1v) is 7.95. The maximum atomic E-state index is 12.5. The molecule has 22 heavy (non-hydrogen) atoms. The van der Waals surface area contributed by atoms with Crippen molar-refractivity contribution in [1.29, 1.82) is 0 Å². The number of carbonyl (C=O) groups excluding carboxylic acids is 1. The summed E-state index contributed by atoms with van der Waals surface area (Å²) in [4.78, 5) is 17.9. The SMILES string of the molecule is O=C(NCC1(O)CN2CCC1CC2)c1c[nH]c2ccccc12. The van der Waals surface area contributed by atoms with Crippen LogP contribution in [0.15, 0.2) is 30.5 Å². The smallest absolute Gasteiger partial charge is 0.253 e. The summed E-state index contributed by atoms with van der Waals surface area (Å²) in [5.74, 6) is 0.183. The van der Waals surface area contributed by atoms with E-state index in [0.29, 0.717) is 24.6 Å². The van der Waals surface area contributed by atoms with E-state index in [1.54, 1.807) is 6.20 Å². The molecule has 3 fully saturated rings. The molecule has 1 atom stereocenters. The molecule has 5 nitrogen and oxygen atoms in total. The van der Waals surface area contributed by atoms with Gasteiger partial charge in [-0.15, -0.1) is 0 Å². The molecule has 0 radical (unpaired) electrons. The van der Waals surface area contributed by atoms with E-state index in [0.717, 1.165) is 36.8 Å². The first-order chi connectivity index (χ1) is 10.7. The van der Waals surface area contributed by atoms with Crippen LogP contribution in [0.2, 0.25) is 0 Å². The zero-order chi connectivity index (χ0) is 15.2. The van der Waals surface area contributed by atoms with Gasteiger partial charge in [-0.1, -0.05) is 18.2 Å². The Kier molecular flexibility index (Phi) is 3.20. The molecule has 3 aliphatic heterocycles. The lowest BCUT2D eigenvalue weighted by Gasteiger charge is -2.50. The summed E-state index contributed by atoms with van der Waals surface area (Å²) in [6, 6.07) is 7.75. The Hall–Kier alpha value is -1.85. The van der Waals surface area contributed by atoms with Gasteiger partial charge in [0, 0.05) is 30.2 Å². The molecule has 0 spiro atoms. The Morgan fingerprint density at radius 2 is 2.14 bits per heavy atom. The van der Waals surface area contributed by atoms with Crippen molar-refractivity contribution < 1.29 is 9.90 Å². The number of aromatic amines is 1. The van der Waals surface area contributed by atoms with E-state index in [1.165, 1.54) is 0 Å². The lowest BCUT2D eigenvalue weighted by atomic mass is 9.75. The lowest BCUT2D eigenvalue weighted by Crippen LogP contribution is -2.63. The van der Waals surface area contributed by atoms with Crippen LogP contribution in [-0.2, 0) is 0 Å². The van der Waals surface area contributed by atoms with Crippen LogP contribution in [0, 0.1) is 5.92 Å². The van der Waals surface area contributed by atoms with Crippen LogP contribution in [0.25, 0.3) is 10.9 Å². The molecule has 4 heterocycles. The van der Waals surface area contributed by atoms with Crippen LogP contribution in [0.3, 0.4) is 0 Å². The van der Waals surface area contributed by atoms with Crippen LogP contribution in [-0.4, -0.2) is 52.7 Å². The maximum absolute atomic E-state index is 12.5. The molecule has 3 N–H and O–H groups in total. The lowest BCUT2D eigenvalue weighted by molar-refractivity contribution is -0.108. The number of para-hydroxylation sites is 1. The summed E-state index contributed by atoms with van der Waals surface area (Å²) in [5.41, 5.74) is 0.813. The summed E-state index contributed by atoms with van der Waals surface area (Å²) in [6.45, 7) is 3.14. The molecular weight excluding hydrogens is 278 g/mol. The molecule has 2 aromatic rings. The quantitative estimate of drug-likeness (QED) is 0.801. The number of hydrogen-bond acceptors (Lipinski definition) is 3. The second-order valence-electron chi connectivity index (χ2n) is 6.58. The molecular formula is C17H21N3O2. The van der Waals surface area contributed by atoms with Gasteiger partial charge in [0.2, 0.25) is 0 Å². The summed E-state index contributed by atoms with van der Waals surface area (Å²) in [7, 11) is 0. The van der Waals surface area contributed by atoms with Gasteiger partial charge in [-0.05, 0) is 37.9 Å². The number of carbonyl (C=O) groups is 1. The molecule has 1 aromatic heterocycles.